The van der Waals surface area contributed by atoms with Gasteiger partial charge in [0.1, 0.15) is 5.75 Å². The summed E-state index contributed by atoms with van der Waals surface area (Å²) in [6.07, 6.45) is 6.78. The van der Waals surface area contributed by atoms with E-state index in [-0.39, 0.29) is 16.8 Å². The zero-order valence-electron chi connectivity index (χ0n) is 17.3. The van der Waals surface area contributed by atoms with Crippen LogP contribution in [0.5, 0.6) is 5.75 Å². The van der Waals surface area contributed by atoms with Crippen molar-refractivity contribution in [2.24, 2.45) is 0 Å². The molecule has 2 N–H and O–H groups in total. The molecule has 8 heteroatoms. The average Bonchev–Trinajstić information content (AvgIpc) is 2.75. The van der Waals surface area contributed by atoms with Gasteiger partial charge in [0.05, 0.1) is 10.6 Å². The van der Waals surface area contributed by atoms with Gasteiger partial charge in [-0.1, -0.05) is 31.4 Å². The largest absolute Gasteiger partial charge is 0.481 e. The molecule has 0 bridgehead atoms. The Bertz CT molecular complexity index is 955. The Morgan fingerprint density at radius 1 is 1.07 bits per heavy atom. The van der Waals surface area contributed by atoms with Gasteiger partial charge in [0.2, 0.25) is 0 Å². The Morgan fingerprint density at radius 2 is 1.73 bits per heavy atom. The first-order valence-corrected chi connectivity index (χ1v) is 12.8. The molecule has 0 aliphatic heterocycles. The van der Waals surface area contributed by atoms with Crippen LogP contribution in [0.25, 0.3) is 0 Å². The number of rotatable bonds is 8. The third kappa shape index (κ3) is 5.92. The maximum absolute atomic E-state index is 12.7. The number of benzene rings is 2. The zero-order chi connectivity index (χ0) is 21.6. The highest BCUT2D eigenvalue weighted by Gasteiger charge is 2.21. The number of sulfonamides is 1. The predicted octanol–water partition coefficient (Wildman–Crippen LogP) is 4.43. The number of amides is 1. The lowest BCUT2D eigenvalue weighted by atomic mass is 9.95. The summed E-state index contributed by atoms with van der Waals surface area (Å²) in [6, 6.07) is 13.6. The summed E-state index contributed by atoms with van der Waals surface area (Å²) >= 11 is 1.47. The summed E-state index contributed by atoms with van der Waals surface area (Å²) in [5.74, 6) is 0.304. The summed E-state index contributed by atoms with van der Waals surface area (Å²) in [5.41, 5.74) is 0.540. The van der Waals surface area contributed by atoms with E-state index >= 15 is 0 Å². The van der Waals surface area contributed by atoms with E-state index in [9.17, 15) is 13.2 Å². The van der Waals surface area contributed by atoms with Crippen molar-refractivity contribution >= 4 is 33.4 Å². The molecule has 2 aromatic carbocycles. The first kappa shape index (κ1) is 22.5. The summed E-state index contributed by atoms with van der Waals surface area (Å²) in [6.45, 7) is 1.70. The standard InChI is InChI=1S/C22H28N2O4S2/c1-16(22(25)23-17-8-4-3-5-9-17)28-18-12-14-19(15-13-18)30(26,27)24-20-10-6-7-11-21(20)29-2/h6-7,10-17,24H,3-5,8-9H2,1-2H3,(H,23,25)/t16-/m0/s1. The molecule has 3 rings (SSSR count). The minimum absolute atomic E-state index is 0.130. The molecule has 1 atom stereocenters. The van der Waals surface area contributed by atoms with Gasteiger partial charge in [0.25, 0.3) is 15.9 Å². The quantitative estimate of drug-likeness (QED) is 0.584. The second-order valence-corrected chi connectivity index (χ2v) is 9.91. The molecule has 0 saturated heterocycles. The minimum atomic E-state index is -3.72. The summed E-state index contributed by atoms with van der Waals surface area (Å²) in [4.78, 5) is 13.3. The van der Waals surface area contributed by atoms with Crippen molar-refractivity contribution in [3.05, 3.63) is 48.5 Å². The third-order valence-electron chi connectivity index (χ3n) is 5.12. The van der Waals surface area contributed by atoms with Crippen LogP contribution in [0.15, 0.2) is 58.3 Å². The lowest BCUT2D eigenvalue weighted by molar-refractivity contribution is -0.128. The van der Waals surface area contributed by atoms with Crippen LogP contribution < -0.4 is 14.8 Å². The van der Waals surface area contributed by atoms with Gasteiger partial charge in [-0.25, -0.2) is 8.42 Å². The monoisotopic (exact) mass is 448 g/mol. The number of hydrogen-bond acceptors (Lipinski definition) is 5. The Morgan fingerprint density at radius 3 is 2.40 bits per heavy atom. The summed E-state index contributed by atoms with van der Waals surface area (Å²) in [7, 11) is -3.72. The van der Waals surface area contributed by atoms with E-state index in [1.165, 1.54) is 30.3 Å². The Hall–Kier alpha value is -2.19. The molecule has 1 fully saturated rings. The molecule has 0 aromatic heterocycles. The van der Waals surface area contributed by atoms with E-state index in [1.807, 2.05) is 18.4 Å². The SMILES string of the molecule is CSc1ccccc1NS(=O)(=O)c1ccc(O[C@@H](C)C(=O)NC2CCCCC2)cc1. The van der Waals surface area contributed by atoms with Crippen molar-refractivity contribution in [1.29, 1.82) is 0 Å². The topological polar surface area (TPSA) is 84.5 Å². The molecule has 0 unspecified atom stereocenters. The lowest BCUT2D eigenvalue weighted by Gasteiger charge is -2.24. The molecule has 2 aromatic rings. The van der Waals surface area contributed by atoms with Gasteiger partial charge in [-0.2, -0.15) is 0 Å². The number of nitrogens with one attached hydrogen (secondary N) is 2. The average molecular weight is 449 g/mol. The fourth-order valence-electron chi connectivity index (χ4n) is 3.45. The molecule has 0 spiro atoms. The number of carbonyl (C=O) groups is 1. The van der Waals surface area contributed by atoms with Crippen molar-refractivity contribution in [3.63, 3.8) is 0 Å². The molecule has 1 aliphatic carbocycles. The van der Waals surface area contributed by atoms with Gasteiger partial charge in [-0.15, -0.1) is 11.8 Å². The fraction of sp³-hybridized carbons (Fsp3) is 0.409. The van der Waals surface area contributed by atoms with Gasteiger partial charge >= 0.3 is 0 Å². The molecule has 0 radical (unpaired) electrons. The van der Waals surface area contributed by atoms with E-state index in [4.69, 9.17) is 4.74 Å². The second-order valence-electron chi connectivity index (χ2n) is 7.38. The lowest BCUT2D eigenvalue weighted by Crippen LogP contribution is -2.43. The van der Waals surface area contributed by atoms with Crippen molar-refractivity contribution in [1.82, 2.24) is 5.32 Å². The van der Waals surface area contributed by atoms with Gasteiger partial charge in [-0.05, 0) is 62.4 Å². The maximum Gasteiger partial charge on any atom is 0.261 e. The van der Waals surface area contributed by atoms with Gasteiger partial charge in [0.15, 0.2) is 6.10 Å². The van der Waals surface area contributed by atoms with E-state index in [2.05, 4.69) is 10.0 Å². The molecule has 1 aliphatic rings. The molecule has 1 saturated carbocycles. The molecular weight excluding hydrogens is 420 g/mol. The Labute approximate surface area is 182 Å². The zero-order valence-corrected chi connectivity index (χ0v) is 18.9. The van der Waals surface area contributed by atoms with Crippen LogP contribution in [0.1, 0.15) is 39.0 Å². The molecule has 1 amide bonds. The predicted molar refractivity (Wildman–Crippen MR) is 121 cm³/mol. The highest BCUT2D eigenvalue weighted by molar-refractivity contribution is 7.99. The van der Waals surface area contributed by atoms with Crippen LogP contribution in [0, 0.1) is 0 Å². The van der Waals surface area contributed by atoms with Crippen LogP contribution in [-0.2, 0) is 14.8 Å². The normalized spacial score (nSPS) is 15.9. The van der Waals surface area contributed by atoms with Crippen LogP contribution >= 0.6 is 11.8 Å². The van der Waals surface area contributed by atoms with Crippen molar-refractivity contribution in [3.8, 4) is 5.75 Å². The van der Waals surface area contributed by atoms with Gasteiger partial charge < -0.3 is 10.1 Å². The summed E-state index contributed by atoms with van der Waals surface area (Å²) in [5, 5.41) is 3.04. The number of thioether (sulfide) groups is 1. The van der Waals surface area contributed by atoms with E-state index < -0.39 is 16.1 Å². The number of hydrogen-bond donors (Lipinski definition) is 2. The molecule has 30 heavy (non-hydrogen) atoms. The van der Waals surface area contributed by atoms with E-state index in [1.54, 1.807) is 31.2 Å². The van der Waals surface area contributed by atoms with Gasteiger partial charge in [0, 0.05) is 10.9 Å². The first-order valence-electron chi connectivity index (χ1n) is 10.1. The molecule has 6 nitrogen and oxygen atoms in total. The summed E-state index contributed by atoms with van der Waals surface area (Å²) < 4.78 is 33.7. The number of carbonyl (C=O) groups excluding carboxylic acids is 1. The van der Waals surface area contributed by atoms with E-state index in [0.29, 0.717) is 11.4 Å². The Kier molecular flexibility index (Phi) is 7.66. The van der Waals surface area contributed by atoms with Crippen molar-refractivity contribution in [2.45, 2.75) is 61.0 Å². The van der Waals surface area contributed by atoms with Crippen molar-refractivity contribution < 1.29 is 17.9 Å². The smallest absolute Gasteiger partial charge is 0.261 e. The molecular formula is C22H28N2O4S2. The highest BCUT2D eigenvalue weighted by Crippen LogP contribution is 2.27. The number of anilines is 1. The highest BCUT2D eigenvalue weighted by atomic mass is 32.2. The first-order chi connectivity index (χ1) is 14.4. The van der Waals surface area contributed by atoms with Crippen LogP contribution in [0.3, 0.4) is 0 Å². The maximum atomic E-state index is 12.7. The Balaban J connectivity index is 1.61. The van der Waals surface area contributed by atoms with Crippen LogP contribution in [0.2, 0.25) is 0 Å². The van der Waals surface area contributed by atoms with Crippen LogP contribution in [0.4, 0.5) is 5.69 Å². The minimum Gasteiger partial charge on any atom is -0.481 e. The second kappa shape index (κ2) is 10.2. The molecule has 162 valence electrons. The fourth-order valence-corrected chi connectivity index (χ4v) is 5.15. The van der Waals surface area contributed by atoms with Crippen LogP contribution in [-0.4, -0.2) is 32.7 Å². The van der Waals surface area contributed by atoms with E-state index in [0.717, 1.165) is 30.6 Å². The van der Waals surface area contributed by atoms with Gasteiger partial charge in [-0.3, -0.25) is 9.52 Å². The van der Waals surface area contributed by atoms with Crippen molar-refractivity contribution in [2.75, 3.05) is 11.0 Å². The molecule has 0 heterocycles. The number of ether oxygens (including phenoxy) is 1. The number of para-hydroxylation sites is 1. The third-order valence-corrected chi connectivity index (χ3v) is 7.30.